The Bertz CT molecular complexity index is 1230. The molecule has 0 radical (unpaired) electrons. The van der Waals surface area contributed by atoms with Gasteiger partial charge < -0.3 is 15.0 Å². The first-order valence-corrected chi connectivity index (χ1v) is 13.0. The summed E-state index contributed by atoms with van der Waals surface area (Å²) in [5.74, 6) is 0.227. The van der Waals surface area contributed by atoms with Crippen LogP contribution in [0.1, 0.15) is 46.6 Å². The van der Waals surface area contributed by atoms with Crippen molar-refractivity contribution in [1.82, 2.24) is 10.3 Å². The van der Waals surface area contributed by atoms with Crippen LogP contribution < -0.4 is 10.2 Å². The number of carbonyl (C=O) groups is 2. The predicted octanol–water partition coefficient (Wildman–Crippen LogP) is 4.66. The van der Waals surface area contributed by atoms with E-state index in [9.17, 15) is 9.59 Å². The number of carbonyl (C=O) groups excluding carboxylic acids is 2. The van der Waals surface area contributed by atoms with Crippen molar-refractivity contribution in [2.45, 2.75) is 39.7 Å². The van der Waals surface area contributed by atoms with Gasteiger partial charge in [0.2, 0.25) is 5.91 Å². The predicted molar refractivity (Wildman–Crippen MR) is 139 cm³/mol. The van der Waals surface area contributed by atoms with Gasteiger partial charge in [-0.1, -0.05) is 38.1 Å². The largest absolute Gasteiger partial charge is 0.378 e. The third-order valence-electron chi connectivity index (χ3n) is 6.65. The van der Waals surface area contributed by atoms with E-state index in [-0.39, 0.29) is 17.1 Å². The van der Waals surface area contributed by atoms with Crippen molar-refractivity contribution in [3.8, 4) is 11.1 Å². The summed E-state index contributed by atoms with van der Waals surface area (Å²) < 4.78 is 5.59. The first kappa shape index (κ1) is 23.7. The second-order valence-electron chi connectivity index (χ2n) is 10.1. The van der Waals surface area contributed by atoms with Crippen LogP contribution in [0.25, 0.3) is 11.1 Å². The quantitative estimate of drug-likeness (QED) is 0.545. The van der Waals surface area contributed by atoms with E-state index in [0.717, 1.165) is 57.2 Å². The lowest BCUT2D eigenvalue weighted by Crippen LogP contribution is -2.36. The highest BCUT2D eigenvalue weighted by Crippen LogP contribution is 2.49. The zero-order valence-electron chi connectivity index (χ0n) is 20.3. The van der Waals surface area contributed by atoms with Crippen molar-refractivity contribution in [2.75, 3.05) is 31.2 Å². The standard InChI is InChI=1S/C28H31N3O3S/c1-28(2)16-22-25(27(31-10-12-34-13-11-31)35-26(22)23(32)17-28)21-5-3-4-20(14-21)15-24(33)30-18-19-6-8-29-9-7-19/h3-9,14H,10-13,15-18H2,1-2H3,(H,30,33). The fourth-order valence-electron chi connectivity index (χ4n) is 4.97. The molecule has 0 saturated carbocycles. The second-order valence-corrected chi connectivity index (χ2v) is 11.1. The van der Waals surface area contributed by atoms with E-state index in [2.05, 4.69) is 41.2 Å². The Morgan fingerprint density at radius 3 is 2.66 bits per heavy atom. The number of amides is 1. The molecule has 1 fully saturated rings. The Labute approximate surface area is 210 Å². The highest BCUT2D eigenvalue weighted by atomic mass is 32.1. The summed E-state index contributed by atoms with van der Waals surface area (Å²) in [6, 6.07) is 12.0. The Hall–Kier alpha value is -3.03. The zero-order valence-corrected chi connectivity index (χ0v) is 21.1. The maximum Gasteiger partial charge on any atom is 0.224 e. The first-order chi connectivity index (χ1) is 16.9. The molecule has 0 atom stereocenters. The number of ketones is 1. The Morgan fingerprint density at radius 2 is 1.89 bits per heavy atom. The van der Waals surface area contributed by atoms with Gasteiger partial charge in [-0.2, -0.15) is 0 Å². The monoisotopic (exact) mass is 489 g/mol. The number of ether oxygens (including phenoxy) is 1. The molecule has 1 aliphatic carbocycles. The van der Waals surface area contributed by atoms with Crippen LogP contribution in [0.3, 0.4) is 0 Å². The van der Waals surface area contributed by atoms with Gasteiger partial charge in [-0.3, -0.25) is 14.6 Å². The summed E-state index contributed by atoms with van der Waals surface area (Å²) in [4.78, 5) is 33.0. The Morgan fingerprint density at radius 1 is 1.11 bits per heavy atom. The Kier molecular flexibility index (Phi) is 6.71. The van der Waals surface area contributed by atoms with Crippen molar-refractivity contribution in [3.05, 3.63) is 70.4 Å². The van der Waals surface area contributed by atoms with Gasteiger partial charge in [0.05, 0.1) is 29.5 Å². The normalized spacial score (nSPS) is 17.2. The van der Waals surface area contributed by atoms with Crippen molar-refractivity contribution < 1.29 is 14.3 Å². The number of benzene rings is 1. The van der Waals surface area contributed by atoms with Crippen LogP contribution in [0, 0.1) is 5.41 Å². The number of hydrogen-bond donors (Lipinski definition) is 1. The average Bonchev–Trinajstić information content (AvgIpc) is 3.23. The molecule has 1 saturated heterocycles. The number of fused-ring (bicyclic) bond motifs is 1. The number of morpholine rings is 1. The second kappa shape index (κ2) is 9.91. The molecule has 0 spiro atoms. The summed E-state index contributed by atoms with van der Waals surface area (Å²) >= 11 is 1.63. The van der Waals surface area contributed by atoms with E-state index in [1.807, 2.05) is 24.3 Å². The summed E-state index contributed by atoms with van der Waals surface area (Å²) in [7, 11) is 0. The number of nitrogens with zero attached hydrogens (tertiary/aromatic N) is 2. The van der Waals surface area contributed by atoms with Gasteiger partial charge >= 0.3 is 0 Å². The molecule has 1 aliphatic heterocycles. The van der Waals surface area contributed by atoms with Gasteiger partial charge in [0.25, 0.3) is 0 Å². The van der Waals surface area contributed by atoms with E-state index < -0.39 is 0 Å². The van der Waals surface area contributed by atoms with Crippen LogP contribution >= 0.6 is 11.3 Å². The molecule has 1 aromatic carbocycles. The summed E-state index contributed by atoms with van der Waals surface area (Å²) in [6.45, 7) is 7.86. The molecule has 0 bridgehead atoms. The molecule has 182 valence electrons. The van der Waals surface area contributed by atoms with E-state index >= 15 is 0 Å². The lowest BCUT2D eigenvalue weighted by molar-refractivity contribution is -0.120. The van der Waals surface area contributed by atoms with Crippen molar-refractivity contribution in [2.24, 2.45) is 5.41 Å². The number of thiophene rings is 1. The number of Topliss-reactive ketones (excluding diaryl/α,β-unsaturated/α-hetero) is 1. The van der Waals surface area contributed by atoms with Crippen LogP contribution in [0.15, 0.2) is 48.8 Å². The van der Waals surface area contributed by atoms with Crippen LogP contribution in [0.4, 0.5) is 5.00 Å². The van der Waals surface area contributed by atoms with Gasteiger partial charge in [-0.15, -0.1) is 11.3 Å². The van der Waals surface area contributed by atoms with E-state index in [1.165, 1.54) is 0 Å². The van der Waals surface area contributed by atoms with E-state index in [4.69, 9.17) is 4.74 Å². The minimum atomic E-state index is -0.0629. The number of aromatic nitrogens is 1. The fourth-order valence-corrected chi connectivity index (χ4v) is 6.31. The molecule has 2 aliphatic rings. The molecule has 35 heavy (non-hydrogen) atoms. The topological polar surface area (TPSA) is 71.5 Å². The molecule has 1 amide bonds. The molecule has 5 rings (SSSR count). The minimum absolute atomic E-state index is 0.0176. The van der Waals surface area contributed by atoms with Crippen LogP contribution in [-0.4, -0.2) is 43.0 Å². The molecular formula is C28H31N3O3S. The van der Waals surface area contributed by atoms with E-state index in [0.29, 0.717) is 32.6 Å². The fraction of sp³-hybridized carbons (Fsp3) is 0.393. The van der Waals surface area contributed by atoms with Crippen LogP contribution in [0.5, 0.6) is 0 Å². The van der Waals surface area contributed by atoms with Gasteiger partial charge in [-0.25, -0.2) is 0 Å². The highest BCUT2D eigenvalue weighted by Gasteiger charge is 2.37. The maximum atomic E-state index is 13.1. The minimum Gasteiger partial charge on any atom is -0.378 e. The molecular weight excluding hydrogens is 458 g/mol. The maximum absolute atomic E-state index is 13.1. The number of nitrogens with one attached hydrogen (secondary N) is 1. The first-order valence-electron chi connectivity index (χ1n) is 12.2. The molecule has 0 unspecified atom stereocenters. The number of pyridine rings is 1. The van der Waals surface area contributed by atoms with Gasteiger partial charge in [0, 0.05) is 44.0 Å². The lowest BCUT2D eigenvalue weighted by atomic mass is 9.75. The molecule has 3 heterocycles. The summed E-state index contributed by atoms with van der Waals surface area (Å²) in [6.07, 6.45) is 5.22. The van der Waals surface area contributed by atoms with E-state index in [1.54, 1.807) is 23.7 Å². The lowest BCUT2D eigenvalue weighted by Gasteiger charge is -2.30. The van der Waals surface area contributed by atoms with Crippen LogP contribution in [-0.2, 0) is 28.9 Å². The highest BCUT2D eigenvalue weighted by molar-refractivity contribution is 7.19. The summed E-state index contributed by atoms with van der Waals surface area (Å²) in [5, 5.41) is 4.16. The molecule has 2 aromatic heterocycles. The zero-order chi connectivity index (χ0) is 24.4. The average molecular weight is 490 g/mol. The molecule has 6 nitrogen and oxygen atoms in total. The smallest absolute Gasteiger partial charge is 0.224 e. The van der Waals surface area contributed by atoms with Crippen molar-refractivity contribution in [1.29, 1.82) is 0 Å². The number of anilines is 1. The third-order valence-corrected chi connectivity index (χ3v) is 7.99. The third kappa shape index (κ3) is 5.31. The number of hydrogen-bond acceptors (Lipinski definition) is 6. The van der Waals surface area contributed by atoms with Crippen molar-refractivity contribution in [3.63, 3.8) is 0 Å². The Balaban J connectivity index is 1.44. The summed E-state index contributed by atoms with van der Waals surface area (Å²) in [5.41, 5.74) is 5.32. The molecule has 1 N–H and O–H groups in total. The van der Waals surface area contributed by atoms with Gasteiger partial charge in [-0.05, 0) is 46.2 Å². The number of rotatable bonds is 6. The van der Waals surface area contributed by atoms with Crippen molar-refractivity contribution >= 4 is 28.0 Å². The SMILES string of the molecule is CC1(C)CC(=O)c2sc(N3CCOCC3)c(-c3cccc(CC(=O)NCc4ccncc4)c3)c2C1. The molecule has 7 heteroatoms. The molecule has 3 aromatic rings. The van der Waals surface area contributed by atoms with Gasteiger partial charge in [0.1, 0.15) is 0 Å². The van der Waals surface area contributed by atoms with Crippen LogP contribution in [0.2, 0.25) is 0 Å². The van der Waals surface area contributed by atoms with Gasteiger partial charge in [0.15, 0.2) is 5.78 Å².